The maximum atomic E-state index is 5.01. The third-order valence-electron chi connectivity index (χ3n) is 1.56. The molecule has 0 fully saturated rings. The summed E-state index contributed by atoms with van der Waals surface area (Å²) in [5, 5.41) is 0.475. The molecule has 0 aliphatic rings. The first-order valence-electron chi connectivity index (χ1n) is 3.63. The average molecular weight is 178 g/mol. The zero-order valence-electron chi connectivity index (χ0n) is 6.91. The van der Waals surface area contributed by atoms with Crippen molar-refractivity contribution in [3.05, 3.63) is 48.2 Å². The fourth-order valence-corrected chi connectivity index (χ4v) is 1.24. The largest absolute Gasteiger partial charge is 0.453 e. The SMILES string of the molecule is C=COC(=S)c1ccccc1C. The van der Waals surface area contributed by atoms with Crippen molar-refractivity contribution < 1.29 is 4.74 Å². The molecular weight excluding hydrogens is 168 g/mol. The van der Waals surface area contributed by atoms with Gasteiger partial charge < -0.3 is 4.74 Å². The molecule has 2 heteroatoms. The van der Waals surface area contributed by atoms with E-state index in [-0.39, 0.29) is 0 Å². The molecule has 12 heavy (non-hydrogen) atoms. The predicted molar refractivity (Wildman–Crippen MR) is 54.2 cm³/mol. The summed E-state index contributed by atoms with van der Waals surface area (Å²) in [5.41, 5.74) is 2.07. The molecule has 0 atom stereocenters. The van der Waals surface area contributed by atoms with Gasteiger partial charge in [-0.05, 0) is 24.7 Å². The highest BCUT2D eigenvalue weighted by Gasteiger charge is 2.02. The van der Waals surface area contributed by atoms with Crippen molar-refractivity contribution in [3.8, 4) is 0 Å². The van der Waals surface area contributed by atoms with Gasteiger partial charge in [0, 0.05) is 5.56 Å². The Labute approximate surface area is 77.7 Å². The molecule has 0 bridgehead atoms. The monoisotopic (exact) mass is 178 g/mol. The first kappa shape index (κ1) is 8.94. The number of ether oxygens (including phenoxy) is 1. The Hall–Kier alpha value is -1.15. The van der Waals surface area contributed by atoms with Crippen LogP contribution in [0.3, 0.4) is 0 Å². The van der Waals surface area contributed by atoms with Crippen molar-refractivity contribution in [2.24, 2.45) is 0 Å². The van der Waals surface area contributed by atoms with Crippen LogP contribution in [0.2, 0.25) is 0 Å². The van der Waals surface area contributed by atoms with Gasteiger partial charge >= 0.3 is 0 Å². The fourth-order valence-electron chi connectivity index (χ4n) is 0.941. The molecule has 0 saturated carbocycles. The van der Waals surface area contributed by atoms with Gasteiger partial charge in [-0.25, -0.2) is 0 Å². The number of benzene rings is 1. The highest BCUT2D eigenvalue weighted by molar-refractivity contribution is 7.80. The van der Waals surface area contributed by atoms with Crippen molar-refractivity contribution in [2.45, 2.75) is 6.92 Å². The van der Waals surface area contributed by atoms with Crippen molar-refractivity contribution in [2.75, 3.05) is 0 Å². The third-order valence-corrected chi connectivity index (χ3v) is 1.87. The summed E-state index contributed by atoms with van der Waals surface area (Å²) in [7, 11) is 0. The van der Waals surface area contributed by atoms with Gasteiger partial charge in [0.15, 0.2) is 5.05 Å². The van der Waals surface area contributed by atoms with E-state index in [2.05, 4.69) is 6.58 Å². The van der Waals surface area contributed by atoms with Gasteiger partial charge in [-0.3, -0.25) is 0 Å². The lowest BCUT2D eigenvalue weighted by Gasteiger charge is -2.04. The molecule has 0 radical (unpaired) electrons. The number of aryl methyl sites for hydroxylation is 1. The highest BCUT2D eigenvalue weighted by Crippen LogP contribution is 2.09. The molecule has 0 spiro atoms. The van der Waals surface area contributed by atoms with E-state index in [9.17, 15) is 0 Å². The minimum atomic E-state index is 0.475. The quantitative estimate of drug-likeness (QED) is 0.508. The van der Waals surface area contributed by atoms with Crippen molar-refractivity contribution >= 4 is 17.3 Å². The molecule has 1 aromatic rings. The number of hydrogen-bond acceptors (Lipinski definition) is 2. The van der Waals surface area contributed by atoms with Gasteiger partial charge in [-0.2, -0.15) is 0 Å². The third kappa shape index (κ3) is 1.92. The van der Waals surface area contributed by atoms with Crippen LogP contribution < -0.4 is 0 Å². The molecule has 0 aromatic heterocycles. The van der Waals surface area contributed by atoms with E-state index in [1.54, 1.807) is 0 Å². The molecule has 1 nitrogen and oxygen atoms in total. The second-order valence-electron chi connectivity index (χ2n) is 2.39. The van der Waals surface area contributed by atoms with Crippen molar-refractivity contribution in [3.63, 3.8) is 0 Å². The van der Waals surface area contributed by atoms with E-state index in [1.165, 1.54) is 6.26 Å². The van der Waals surface area contributed by atoms with Gasteiger partial charge in [0.1, 0.15) is 0 Å². The summed E-state index contributed by atoms with van der Waals surface area (Å²) in [6.45, 7) is 5.44. The van der Waals surface area contributed by atoms with Crippen LogP contribution >= 0.6 is 12.2 Å². The Bertz CT molecular complexity index is 304. The Balaban J connectivity index is 2.94. The Morgan fingerprint density at radius 2 is 2.17 bits per heavy atom. The zero-order chi connectivity index (χ0) is 8.97. The van der Waals surface area contributed by atoms with Crippen LogP contribution in [0, 0.1) is 6.92 Å². The summed E-state index contributed by atoms with van der Waals surface area (Å²) in [5.74, 6) is 0. The first-order valence-corrected chi connectivity index (χ1v) is 4.04. The second kappa shape index (κ2) is 4.02. The average Bonchev–Trinajstić information content (AvgIpc) is 2.05. The van der Waals surface area contributed by atoms with Crippen LogP contribution in [0.15, 0.2) is 37.1 Å². The highest BCUT2D eigenvalue weighted by atomic mass is 32.1. The summed E-state index contributed by atoms with van der Waals surface area (Å²) >= 11 is 5.01. The zero-order valence-corrected chi connectivity index (χ0v) is 7.73. The van der Waals surface area contributed by atoms with Crippen LogP contribution in [0.25, 0.3) is 0 Å². The van der Waals surface area contributed by atoms with E-state index < -0.39 is 0 Å². The molecule has 0 unspecified atom stereocenters. The molecule has 62 valence electrons. The molecule has 0 heterocycles. The van der Waals surface area contributed by atoms with Crippen molar-refractivity contribution in [1.82, 2.24) is 0 Å². The maximum Gasteiger partial charge on any atom is 0.197 e. The van der Waals surface area contributed by atoms with Crippen LogP contribution in [0.5, 0.6) is 0 Å². The van der Waals surface area contributed by atoms with Gasteiger partial charge in [-0.1, -0.05) is 30.8 Å². The number of thiocarbonyl (C=S) groups is 1. The normalized spacial score (nSPS) is 9.08. The van der Waals surface area contributed by atoms with Crippen LogP contribution in [0.4, 0.5) is 0 Å². The molecule has 0 aliphatic heterocycles. The lowest BCUT2D eigenvalue weighted by Crippen LogP contribution is -2.00. The molecular formula is C10H10OS. The van der Waals surface area contributed by atoms with Gasteiger partial charge in [-0.15, -0.1) is 0 Å². The van der Waals surface area contributed by atoms with Crippen molar-refractivity contribution in [1.29, 1.82) is 0 Å². The summed E-state index contributed by atoms with van der Waals surface area (Å²) in [6, 6.07) is 7.83. The Morgan fingerprint density at radius 3 is 2.75 bits per heavy atom. The molecule has 1 aromatic carbocycles. The summed E-state index contributed by atoms with van der Waals surface area (Å²) in [4.78, 5) is 0. The van der Waals surface area contributed by atoms with E-state index in [4.69, 9.17) is 17.0 Å². The minimum absolute atomic E-state index is 0.475. The molecule has 0 amide bonds. The van der Waals surface area contributed by atoms with Gasteiger partial charge in [0.25, 0.3) is 0 Å². The van der Waals surface area contributed by atoms with Crippen LogP contribution in [-0.2, 0) is 4.74 Å². The van der Waals surface area contributed by atoms with Crippen LogP contribution in [0.1, 0.15) is 11.1 Å². The molecule has 0 aliphatic carbocycles. The molecule has 0 saturated heterocycles. The summed E-state index contributed by atoms with van der Waals surface area (Å²) in [6.07, 6.45) is 1.34. The predicted octanol–water partition coefficient (Wildman–Crippen LogP) is 2.83. The van der Waals surface area contributed by atoms with Gasteiger partial charge in [0.05, 0.1) is 6.26 Å². The van der Waals surface area contributed by atoms with E-state index in [0.29, 0.717) is 5.05 Å². The van der Waals surface area contributed by atoms with E-state index >= 15 is 0 Å². The van der Waals surface area contributed by atoms with E-state index in [0.717, 1.165) is 11.1 Å². The fraction of sp³-hybridized carbons (Fsp3) is 0.100. The smallest absolute Gasteiger partial charge is 0.197 e. The minimum Gasteiger partial charge on any atom is -0.453 e. The topological polar surface area (TPSA) is 9.23 Å². The lowest BCUT2D eigenvalue weighted by molar-refractivity contribution is 0.488. The summed E-state index contributed by atoms with van der Waals surface area (Å²) < 4.78 is 5.00. The lowest BCUT2D eigenvalue weighted by atomic mass is 10.1. The first-order chi connectivity index (χ1) is 5.75. The van der Waals surface area contributed by atoms with E-state index in [1.807, 2.05) is 31.2 Å². The number of hydrogen-bond donors (Lipinski definition) is 0. The maximum absolute atomic E-state index is 5.01. The number of rotatable bonds is 2. The van der Waals surface area contributed by atoms with Gasteiger partial charge in [0.2, 0.25) is 0 Å². The molecule has 0 N–H and O–H groups in total. The molecule has 1 rings (SSSR count). The Kier molecular flexibility index (Phi) is 3.00. The standard InChI is InChI=1S/C10H10OS/c1-3-11-10(12)9-7-5-4-6-8(9)2/h3-7H,1H2,2H3. The Morgan fingerprint density at radius 1 is 1.50 bits per heavy atom. The van der Waals surface area contributed by atoms with Crippen LogP contribution in [-0.4, -0.2) is 5.05 Å². The second-order valence-corrected chi connectivity index (χ2v) is 2.76.